The lowest BCUT2D eigenvalue weighted by Gasteiger charge is -2.25. The normalized spacial score (nSPS) is 16.7. The third kappa shape index (κ3) is 4.23. The number of amidine groups is 1. The lowest BCUT2D eigenvalue weighted by atomic mass is 10.2. The molecule has 0 saturated carbocycles. The number of carbonyl (C=O) groups is 1. The number of methoxy groups -OCH3 is 2. The van der Waals surface area contributed by atoms with E-state index in [2.05, 4.69) is 36.4 Å². The summed E-state index contributed by atoms with van der Waals surface area (Å²) in [5.74, 6) is -0.802. The molecule has 1 heterocycles. The van der Waals surface area contributed by atoms with Gasteiger partial charge in [0.05, 0.1) is 18.6 Å². The molecule has 0 radical (unpaired) electrons. The topological polar surface area (TPSA) is 74.2 Å². The highest BCUT2D eigenvalue weighted by Gasteiger charge is 2.48. The standard InChI is InChI=1S/C26H24N2O4P2/c1-28-24(22(25(29)31-2)23(33-28)26(30)32-3)27-34(19-13-7-4-8-14-19,20-15-9-5-10-16-20)21-17-11-6-12-18-21/h4-18H,1-3H3. The molecule has 0 aromatic heterocycles. The summed E-state index contributed by atoms with van der Waals surface area (Å²) < 4.78 is 17.2. The van der Waals surface area contributed by atoms with Crippen LogP contribution in [0.25, 0.3) is 0 Å². The van der Waals surface area contributed by atoms with Gasteiger partial charge in [0.15, 0.2) is 5.84 Å². The summed E-state index contributed by atoms with van der Waals surface area (Å²) in [5, 5.41) is 16.2. The lowest BCUT2D eigenvalue weighted by Crippen LogP contribution is -2.33. The van der Waals surface area contributed by atoms with E-state index in [-0.39, 0.29) is 10.9 Å². The average Bonchev–Trinajstić information content (AvgIpc) is 3.23. The number of rotatable bonds is 6. The van der Waals surface area contributed by atoms with Crippen molar-refractivity contribution in [3.8, 4) is 0 Å². The molecule has 0 saturated heterocycles. The number of hydrogen-bond donors (Lipinski definition) is 0. The van der Waals surface area contributed by atoms with Crippen molar-refractivity contribution >= 4 is 48.8 Å². The van der Waals surface area contributed by atoms with Gasteiger partial charge < -0.3 is 19.3 Å². The van der Waals surface area contributed by atoms with Gasteiger partial charge in [-0.15, -0.1) is 0 Å². The Hall–Kier alpha value is -3.46. The van der Waals surface area contributed by atoms with Crippen LogP contribution in [0, 0.1) is 0 Å². The van der Waals surface area contributed by atoms with Crippen LogP contribution in [0.3, 0.4) is 0 Å². The molecule has 1 aliphatic rings. The Morgan fingerprint density at radius 2 is 1.26 bits per heavy atom. The van der Waals surface area contributed by atoms with Gasteiger partial charge in [0, 0.05) is 15.4 Å². The van der Waals surface area contributed by atoms with Crippen LogP contribution in [-0.2, 0) is 14.3 Å². The Bertz CT molecular complexity index is 1160. The third-order valence-corrected chi connectivity index (χ3v) is 10.1. The smallest absolute Gasteiger partial charge is 0.344 e. The highest BCUT2D eigenvalue weighted by molar-refractivity contribution is 7.94. The second-order valence-corrected chi connectivity index (χ2v) is 11.7. The summed E-state index contributed by atoms with van der Waals surface area (Å²) in [7, 11) is 2.25. The Labute approximate surface area is 201 Å². The van der Waals surface area contributed by atoms with Gasteiger partial charge in [-0.3, -0.25) is 0 Å². The quantitative estimate of drug-likeness (QED) is 0.302. The third-order valence-electron chi connectivity index (χ3n) is 5.42. The Kier molecular flexibility index (Phi) is 7.12. The van der Waals surface area contributed by atoms with E-state index < -0.39 is 19.3 Å². The zero-order valence-corrected chi connectivity index (χ0v) is 20.9. The van der Waals surface area contributed by atoms with Crippen LogP contribution in [0.5, 0.6) is 0 Å². The molecule has 4 rings (SSSR count). The molecule has 3 aromatic rings. The zero-order valence-electron chi connectivity index (χ0n) is 19.1. The highest BCUT2D eigenvalue weighted by Crippen LogP contribution is 2.58. The molecule has 6 nitrogen and oxygen atoms in total. The summed E-state index contributed by atoms with van der Waals surface area (Å²) in [4.78, 5) is 12.5. The first-order valence-corrected chi connectivity index (χ1v) is 13.1. The summed E-state index contributed by atoms with van der Waals surface area (Å²) in [6.45, 7) is 0. The molecule has 0 unspecified atom stereocenters. The van der Waals surface area contributed by atoms with Crippen molar-refractivity contribution in [2.24, 2.45) is 4.76 Å². The van der Waals surface area contributed by atoms with Crippen molar-refractivity contribution in [1.29, 1.82) is 0 Å². The maximum atomic E-state index is 12.9. The molecule has 0 fully saturated rings. The molecular weight excluding hydrogens is 466 g/mol. The fraction of sp³-hybridized carbons (Fsp3) is 0.115. The SMILES string of the molecule is COC(=O)C1=PN(C)C(=N/[P+](c2ccccc2)(c2ccccc2)c2ccccc2)/C1=C(/[O-])OC. The van der Waals surface area contributed by atoms with E-state index in [0.29, 0.717) is 14.2 Å². The van der Waals surface area contributed by atoms with Gasteiger partial charge >= 0.3 is 5.97 Å². The molecule has 0 atom stereocenters. The second-order valence-electron chi connectivity index (χ2n) is 7.40. The van der Waals surface area contributed by atoms with Gasteiger partial charge in [0.2, 0.25) is 7.41 Å². The number of likely N-dealkylation sites (N-methyl/N-ethyl adjacent to an activating group) is 1. The van der Waals surface area contributed by atoms with E-state index in [4.69, 9.17) is 14.2 Å². The van der Waals surface area contributed by atoms with Crippen LogP contribution >= 0.6 is 15.8 Å². The number of hydrogen-bond acceptors (Lipinski definition) is 5. The monoisotopic (exact) mass is 490 g/mol. The van der Waals surface area contributed by atoms with Gasteiger partial charge in [-0.1, -0.05) is 59.4 Å². The summed E-state index contributed by atoms with van der Waals surface area (Å²) in [5.41, 5.74) is 0.130. The fourth-order valence-corrected chi connectivity index (χ4v) is 8.50. The Balaban J connectivity index is 2.09. The average molecular weight is 490 g/mol. The largest absolute Gasteiger partial charge is 0.616 e. The van der Waals surface area contributed by atoms with E-state index in [1.54, 1.807) is 11.7 Å². The molecule has 3 aromatic carbocycles. The minimum Gasteiger partial charge on any atom is -0.616 e. The molecule has 34 heavy (non-hydrogen) atoms. The van der Waals surface area contributed by atoms with Crippen LogP contribution in [0.1, 0.15) is 0 Å². The maximum Gasteiger partial charge on any atom is 0.344 e. The van der Waals surface area contributed by atoms with Crippen molar-refractivity contribution in [2.75, 3.05) is 21.3 Å². The van der Waals surface area contributed by atoms with E-state index in [1.165, 1.54) is 14.2 Å². The number of carbonyl (C=O) groups excluding carboxylic acids is 1. The van der Waals surface area contributed by atoms with Gasteiger partial charge in [0.1, 0.15) is 21.2 Å². The van der Waals surface area contributed by atoms with Crippen LogP contribution in [0.15, 0.2) is 107 Å². The molecule has 0 amide bonds. The van der Waals surface area contributed by atoms with Gasteiger partial charge in [-0.25, -0.2) is 4.79 Å². The van der Waals surface area contributed by atoms with Crippen molar-refractivity contribution < 1.29 is 19.4 Å². The van der Waals surface area contributed by atoms with Crippen molar-refractivity contribution in [1.82, 2.24) is 4.67 Å². The van der Waals surface area contributed by atoms with Gasteiger partial charge in [-0.05, 0) is 43.5 Å². The molecule has 1 aliphatic heterocycles. The molecule has 0 N–H and O–H groups in total. The van der Waals surface area contributed by atoms with Crippen molar-refractivity contribution in [3.05, 3.63) is 103 Å². The lowest BCUT2D eigenvalue weighted by molar-refractivity contribution is -0.353. The van der Waals surface area contributed by atoms with Crippen molar-refractivity contribution in [3.63, 3.8) is 0 Å². The van der Waals surface area contributed by atoms with E-state index >= 15 is 0 Å². The Morgan fingerprint density at radius 3 is 1.65 bits per heavy atom. The van der Waals surface area contributed by atoms with Crippen molar-refractivity contribution in [2.45, 2.75) is 0 Å². The first-order valence-electron chi connectivity index (χ1n) is 10.6. The summed E-state index contributed by atoms with van der Waals surface area (Å²) in [6.07, 6.45) is 0. The Morgan fingerprint density at radius 1 is 0.824 bits per heavy atom. The molecule has 0 aliphatic carbocycles. The minimum atomic E-state index is -2.64. The predicted molar refractivity (Wildman–Crippen MR) is 138 cm³/mol. The predicted octanol–water partition coefficient (Wildman–Crippen LogP) is 2.66. The number of benzene rings is 3. The molecule has 0 spiro atoms. The molecule has 8 heteroatoms. The fourth-order valence-electron chi connectivity index (χ4n) is 3.85. The minimum absolute atomic E-state index is 0.130. The summed E-state index contributed by atoms with van der Waals surface area (Å²) >= 11 is 0. The molecule has 172 valence electrons. The van der Waals surface area contributed by atoms with Crippen LogP contribution in [0.2, 0.25) is 0 Å². The van der Waals surface area contributed by atoms with Gasteiger partial charge in [-0.2, -0.15) is 0 Å². The highest BCUT2D eigenvalue weighted by atomic mass is 31.2. The zero-order chi connectivity index (χ0) is 24.1. The number of nitrogens with zero attached hydrogens (tertiary/aromatic N) is 2. The first-order chi connectivity index (χ1) is 16.5. The van der Waals surface area contributed by atoms with Gasteiger partial charge in [0.25, 0.3) is 0 Å². The summed E-state index contributed by atoms with van der Waals surface area (Å²) in [6, 6.07) is 30.2. The maximum absolute atomic E-state index is 12.9. The van der Waals surface area contributed by atoms with E-state index in [0.717, 1.165) is 15.9 Å². The van der Waals surface area contributed by atoms with Crippen LogP contribution in [0.4, 0.5) is 0 Å². The second kappa shape index (κ2) is 10.2. The van der Waals surface area contributed by atoms with E-state index in [1.807, 2.05) is 54.6 Å². The number of ether oxygens (including phenoxy) is 2. The van der Waals surface area contributed by atoms with Crippen LogP contribution < -0.4 is 21.0 Å². The van der Waals surface area contributed by atoms with Crippen LogP contribution in [-0.4, -0.2) is 43.0 Å². The first kappa shape index (κ1) is 23.7. The molecule has 0 bridgehead atoms. The number of esters is 1. The van der Waals surface area contributed by atoms with E-state index in [9.17, 15) is 9.90 Å². The molecular formula is C26H24N2O4P2.